The average molecular weight is 358 g/mol. The van der Waals surface area contributed by atoms with Gasteiger partial charge >= 0.3 is 5.97 Å². The number of carboxylic acid groups (broad SMARTS) is 1. The van der Waals surface area contributed by atoms with E-state index in [0.717, 1.165) is 5.69 Å². The molecule has 0 bridgehead atoms. The van der Waals surface area contributed by atoms with Crippen LogP contribution in [-0.2, 0) is 19.1 Å². The zero-order chi connectivity index (χ0) is 18.5. The largest absolute Gasteiger partial charge is 0.479 e. The van der Waals surface area contributed by atoms with Crippen molar-refractivity contribution in [3.8, 4) is 5.69 Å². The van der Waals surface area contributed by atoms with Gasteiger partial charge in [0.05, 0.1) is 12.2 Å². The van der Waals surface area contributed by atoms with Crippen LogP contribution in [0.4, 0.5) is 5.69 Å². The smallest absolute Gasteiger partial charge is 0.332 e. The summed E-state index contributed by atoms with van der Waals surface area (Å²) in [7, 11) is 0. The molecule has 136 valence electrons. The Morgan fingerprint density at radius 3 is 2.54 bits per heavy atom. The van der Waals surface area contributed by atoms with Crippen LogP contribution < -0.4 is 10.6 Å². The van der Waals surface area contributed by atoms with Crippen LogP contribution in [0.5, 0.6) is 0 Å². The Hall–Kier alpha value is -3.20. The van der Waals surface area contributed by atoms with Crippen molar-refractivity contribution in [3.05, 3.63) is 42.7 Å². The van der Waals surface area contributed by atoms with E-state index in [1.807, 2.05) is 12.3 Å². The van der Waals surface area contributed by atoms with Crippen LogP contribution in [0.15, 0.2) is 42.7 Å². The van der Waals surface area contributed by atoms with Crippen molar-refractivity contribution in [2.24, 2.45) is 0 Å². The summed E-state index contributed by atoms with van der Waals surface area (Å²) >= 11 is 0. The molecule has 9 nitrogen and oxygen atoms in total. The highest BCUT2D eigenvalue weighted by Crippen LogP contribution is 2.19. The highest BCUT2D eigenvalue weighted by Gasteiger charge is 2.34. The molecule has 1 aliphatic heterocycles. The molecular formula is C17H18N4O5. The normalized spacial score (nSPS) is 19.1. The van der Waals surface area contributed by atoms with Crippen LogP contribution in [0.2, 0.25) is 0 Å². The van der Waals surface area contributed by atoms with Crippen molar-refractivity contribution in [3.63, 3.8) is 0 Å². The first kappa shape index (κ1) is 17.6. The molecule has 2 aromatic rings. The summed E-state index contributed by atoms with van der Waals surface area (Å²) in [6.07, 6.45) is 2.28. The molecule has 0 aliphatic carbocycles. The third-order valence-electron chi connectivity index (χ3n) is 3.93. The zero-order valence-electron chi connectivity index (χ0n) is 13.8. The Morgan fingerprint density at radius 2 is 1.92 bits per heavy atom. The van der Waals surface area contributed by atoms with E-state index in [0.29, 0.717) is 12.1 Å². The van der Waals surface area contributed by atoms with Gasteiger partial charge in [-0.2, -0.15) is 5.10 Å². The fraction of sp³-hybridized carbons (Fsp3) is 0.294. The van der Waals surface area contributed by atoms with E-state index >= 15 is 0 Å². The number of nitrogens with one attached hydrogen (secondary N) is 2. The van der Waals surface area contributed by atoms with E-state index in [9.17, 15) is 14.4 Å². The Kier molecular flexibility index (Phi) is 5.28. The lowest BCUT2D eigenvalue weighted by atomic mass is 10.2. The van der Waals surface area contributed by atoms with Gasteiger partial charge in [-0.15, -0.1) is 0 Å². The number of carbonyl (C=O) groups is 3. The van der Waals surface area contributed by atoms with Crippen molar-refractivity contribution in [2.45, 2.75) is 25.0 Å². The van der Waals surface area contributed by atoms with E-state index in [2.05, 4.69) is 15.7 Å². The molecule has 0 spiro atoms. The molecule has 3 rings (SSSR count). The Balaban J connectivity index is 1.45. The second-order valence-electron chi connectivity index (χ2n) is 5.79. The topological polar surface area (TPSA) is 123 Å². The predicted molar refractivity (Wildman–Crippen MR) is 90.7 cm³/mol. The van der Waals surface area contributed by atoms with Crippen LogP contribution in [0.3, 0.4) is 0 Å². The number of amides is 2. The number of ether oxygens (including phenoxy) is 1. The number of aliphatic carboxylic acids is 1. The molecule has 2 amide bonds. The number of hydrogen-bond donors (Lipinski definition) is 3. The average Bonchev–Trinajstić information content (AvgIpc) is 3.32. The van der Waals surface area contributed by atoms with Gasteiger partial charge < -0.3 is 20.5 Å². The molecule has 1 aliphatic rings. The first-order chi connectivity index (χ1) is 12.5. The van der Waals surface area contributed by atoms with E-state index in [1.54, 1.807) is 35.1 Å². The lowest BCUT2D eigenvalue weighted by molar-refractivity contribution is -0.152. The SMILES string of the molecule is O=C(CNC(=O)[C@@H]1CC[C@H](C(=O)O)O1)Nc1ccc(-n2cccn2)cc1. The molecule has 0 unspecified atom stereocenters. The van der Waals surface area contributed by atoms with Crippen LogP contribution >= 0.6 is 0 Å². The second-order valence-corrected chi connectivity index (χ2v) is 5.79. The van der Waals surface area contributed by atoms with Gasteiger partial charge in [-0.3, -0.25) is 9.59 Å². The quantitative estimate of drug-likeness (QED) is 0.693. The third kappa shape index (κ3) is 4.25. The molecule has 1 aromatic carbocycles. The molecule has 9 heteroatoms. The van der Waals surface area contributed by atoms with E-state index in [4.69, 9.17) is 9.84 Å². The second kappa shape index (κ2) is 7.79. The number of carboxylic acids is 1. The van der Waals surface area contributed by atoms with Gasteiger partial charge in [-0.05, 0) is 43.2 Å². The Labute approximate surface area is 149 Å². The van der Waals surface area contributed by atoms with Crippen LogP contribution in [0.1, 0.15) is 12.8 Å². The van der Waals surface area contributed by atoms with E-state index in [1.165, 1.54) is 0 Å². The van der Waals surface area contributed by atoms with Gasteiger partial charge in [0.15, 0.2) is 6.10 Å². The van der Waals surface area contributed by atoms with Crippen molar-refractivity contribution in [1.82, 2.24) is 15.1 Å². The maximum absolute atomic E-state index is 11.9. The molecule has 2 atom stereocenters. The highest BCUT2D eigenvalue weighted by atomic mass is 16.5. The third-order valence-corrected chi connectivity index (χ3v) is 3.93. The summed E-state index contributed by atoms with van der Waals surface area (Å²) in [6, 6.07) is 8.88. The van der Waals surface area contributed by atoms with Crippen molar-refractivity contribution in [2.75, 3.05) is 11.9 Å². The molecule has 26 heavy (non-hydrogen) atoms. The fourth-order valence-corrected chi connectivity index (χ4v) is 2.62. The molecule has 3 N–H and O–H groups in total. The van der Waals surface area contributed by atoms with Crippen LogP contribution in [0, 0.1) is 0 Å². The first-order valence-corrected chi connectivity index (χ1v) is 8.09. The van der Waals surface area contributed by atoms with Crippen LogP contribution in [0.25, 0.3) is 5.69 Å². The monoisotopic (exact) mass is 358 g/mol. The van der Waals surface area contributed by atoms with Gasteiger partial charge in [0.1, 0.15) is 6.10 Å². The molecular weight excluding hydrogens is 340 g/mol. The summed E-state index contributed by atoms with van der Waals surface area (Å²) in [5.41, 5.74) is 1.44. The standard InChI is InChI=1S/C17H18N4O5/c22-15(10-18-16(23)13-6-7-14(26-13)17(24)25)20-11-2-4-12(5-3-11)21-9-1-8-19-21/h1-5,8-9,13-14H,6-7,10H2,(H,18,23)(H,20,22)(H,24,25)/t13-,14+/m0/s1. The van der Waals surface area contributed by atoms with Gasteiger partial charge in [-0.1, -0.05) is 0 Å². The van der Waals surface area contributed by atoms with Crippen molar-refractivity contribution >= 4 is 23.5 Å². The minimum atomic E-state index is -1.09. The molecule has 1 fully saturated rings. The van der Waals surface area contributed by atoms with Gasteiger partial charge in [0.2, 0.25) is 11.8 Å². The maximum Gasteiger partial charge on any atom is 0.332 e. The Bertz CT molecular complexity index is 788. The van der Waals surface area contributed by atoms with Gasteiger partial charge in [-0.25, -0.2) is 9.48 Å². The zero-order valence-corrected chi connectivity index (χ0v) is 13.8. The van der Waals surface area contributed by atoms with Gasteiger partial charge in [0, 0.05) is 18.1 Å². The summed E-state index contributed by atoms with van der Waals surface area (Å²) < 4.78 is 6.82. The number of nitrogens with zero attached hydrogens (tertiary/aromatic N) is 2. The number of anilines is 1. The summed E-state index contributed by atoms with van der Waals surface area (Å²) in [6.45, 7) is -0.225. The number of rotatable bonds is 6. The molecule has 0 radical (unpaired) electrons. The van der Waals surface area contributed by atoms with Crippen LogP contribution in [-0.4, -0.2) is 51.4 Å². The van der Waals surface area contributed by atoms with Crippen molar-refractivity contribution < 1.29 is 24.2 Å². The Morgan fingerprint density at radius 1 is 1.19 bits per heavy atom. The fourth-order valence-electron chi connectivity index (χ4n) is 2.62. The van der Waals surface area contributed by atoms with E-state index in [-0.39, 0.29) is 13.0 Å². The lowest BCUT2D eigenvalue weighted by Crippen LogP contribution is -2.39. The number of aromatic nitrogens is 2. The van der Waals surface area contributed by atoms with E-state index < -0.39 is 30.0 Å². The summed E-state index contributed by atoms with van der Waals surface area (Å²) in [5.74, 6) is -1.97. The minimum Gasteiger partial charge on any atom is -0.479 e. The molecule has 0 saturated carbocycles. The summed E-state index contributed by atoms with van der Waals surface area (Å²) in [5, 5.41) is 18.1. The predicted octanol–water partition coefficient (Wildman–Crippen LogP) is 0.559. The lowest BCUT2D eigenvalue weighted by Gasteiger charge is -2.12. The first-order valence-electron chi connectivity index (χ1n) is 8.09. The summed E-state index contributed by atoms with van der Waals surface area (Å²) in [4.78, 5) is 34.7. The number of hydrogen-bond acceptors (Lipinski definition) is 5. The molecule has 1 saturated heterocycles. The minimum absolute atomic E-state index is 0.225. The van der Waals surface area contributed by atoms with Crippen molar-refractivity contribution in [1.29, 1.82) is 0 Å². The highest BCUT2D eigenvalue weighted by molar-refractivity contribution is 5.95. The van der Waals surface area contributed by atoms with Gasteiger partial charge in [0.25, 0.3) is 0 Å². The molecule has 1 aromatic heterocycles. The number of benzene rings is 1. The maximum atomic E-state index is 11.9. The number of carbonyl (C=O) groups excluding carboxylic acids is 2. The molecule has 2 heterocycles.